The number of hydrogen-bond acceptors (Lipinski definition) is 3. The molecule has 0 aromatic heterocycles. The largest absolute Gasteiger partial charge is 0.464 e. The maximum atomic E-state index is 10.1. The van der Waals surface area contributed by atoms with E-state index < -0.39 is 10.3 Å². The molecule has 0 atom stereocenters. The zero-order valence-corrected chi connectivity index (χ0v) is 5.58. The topological polar surface area (TPSA) is 43.4 Å². The highest BCUT2D eigenvalue weighted by molar-refractivity contribution is 7.72. The van der Waals surface area contributed by atoms with Crippen molar-refractivity contribution in [2.75, 3.05) is 7.11 Å². The Morgan fingerprint density at radius 3 is 2.38 bits per heavy atom. The van der Waals surface area contributed by atoms with Crippen LogP contribution in [0.3, 0.4) is 0 Å². The molecule has 8 heavy (non-hydrogen) atoms. The van der Waals surface area contributed by atoms with Gasteiger partial charge in [0.25, 0.3) is 0 Å². The van der Waals surface area contributed by atoms with Crippen LogP contribution in [0.2, 0.25) is 0 Å². The van der Waals surface area contributed by atoms with Gasteiger partial charge in [-0.2, -0.15) is 0 Å². The molecule has 0 spiro atoms. The van der Waals surface area contributed by atoms with Crippen LogP contribution in [-0.4, -0.2) is 21.6 Å². The molecule has 0 fully saturated rings. The zero-order valence-electron chi connectivity index (χ0n) is 4.01. The molecule has 0 radical (unpaired) electrons. The lowest BCUT2D eigenvalue weighted by Gasteiger charge is -1.87. The van der Waals surface area contributed by atoms with E-state index in [1.807, 2.05) is 0 Å². The van der Waals surface area contributed by atoms with Crippen molar-refractivity contribution in [2.24, 2.45) is 0 Å². The van der Waals surface area contributed by atoms with Gasteiger partial charge in [0.15, 0.2) is 0 Å². The number of carbonyl (C=O) groups is 1. The number of esters is 1. The second kappa shape index (κ2) is 3.63. The van der Waals surface area contributed by atoms with E-state index in [2.05, 4.69) is 4.74 Å². The van der Waals surface area contributed by atoms with E-state index in [1.54, 1.807) is 0 Å². The Morgan fingerprint density at radius 2 is 2.25 bits per heavy atom. The summed E-state index contributed by atoms with van der Waals surface area (Å²) >= 11 is 4.92. The maximum absolute atomic E-state index is 10.1. The zero-order chi connectivity index (χ0) is 6.57. The molecule has 0 aliphatic rings. The van der Waals surface area contributed by atoms with Gasteiger partial charge in [0.05, 0.1) is 7.11 Å². The van der Waals surface area contributed by atoms with Crippen LogP contribution >= 0.6 is 11.6 Å². The summed E-state index contributed by atoms with van der Waals surface area (Å²) in [5.74, 6) is -0.785. The van der Waals surface area contributed by atoms with Crippen molar-refractivity contribution < 1.29 is 13.7 Å². The fraction of sp³-hybridized carbons (Fsp3) is 0.333. The van der Waals surface area contributed by atoms with E-state index in [1.165, 1.54) is 0 Å². The summed E-state index contributed by atoms with van der Waals surface area (Å²) < 4.78 is 13.4. The first kappa shape index (κ1) is 7.65. The molecule has 0 aromatic carbocycles. The predicted octanol–water partition coefficient (Wildman–Crippen LogP) is -0.259. The third kappa shape index (κ3) is 2.09. The molecule has 0 saturated heterocycles. The molecule has 5 heteroatoms. The van der Waals surface area contributed by atoms with Crippen LogP contribution in [-0.2, 0) is 20.8 Å². The molecule has 0 amide bonds. The summed E-state index contributed by atoms with van der Waals surface area (Å²) in [5, 5.41) is 0. The van der Waals surface area contributed by atoms with Crippen LogP contribution in [0.5, 0.6) is 0 Å². The van der Waals surface area contributed by atoms with Gasteiger partial charge in [-0.3, -0.25) is 0 Å². The quantitative estimate of drug-likeness (QED) is 0.297. The van der Waals surface area contributed by atoms with Crippen molar-refractivity contribution in [3.8, 4) is 0 Å². The summed E-state index contributed by atoms with van der Waals surface area (Å²) in [4.78, 5) is 10.1. The number of ether oxygens (including phenoxy) is 1. The maximum Gasteiger partial charge on any atom is 0.363 e. The highest BCUT2D eigenvalue weighted by atomic mass is 35.5. The first-order valence-electron chi connectivity index (χ1n) is 1.63. The molecule has 0 unspecified atom stereocenters. The van der Waals surface area contributed by atoms with Gasteiger partial charge in [-0.1, -0.05) is 11.6 Å². The Balaban J connectivity index is 4.04. The molecular formula is C3H3ClO3S. The normalized spacial score (nSPS) is 7.75. The highest BCUT2D eigenvalue weighted by Gasteiger charge is 2.04. The minimum atomic E-state index is -0.785. The summed E-state index contributed by atoms with van der Waals surface area (Å²) in [5.41, 5.74) is 0. The molecule has 0 rings (SSSR count). The van der Waals surface area contributed by atoms with Gasteiger partial charge >= 0.3 is 5.97 Å². The van der Waals surface area contributed by atoms with Crippen LogP contribution in [0, 0.1) is 0 Å². The number of rotatable bonds is 1. The first-order valence-corrected chi connectivity index (χ1v) is 2.75. The molecule has 46 valence electrons. The fourth-order valence-electron chi connectivity index (χ4n) is 0.114. The van der Waals surface area contributed by atoms with E-state index in [0.29, 0.717) is 0 Å². The molecule has 0 saturated carbocycles. The van der Waals surface area contributed by atoms with Gasteiger partial charge in [0.2, 0.25) is 4.32 Å². The Morgan fingerprint density at radius 1 is 1.75 bits per heavy atom. The van der Waals surface area contributed by atoms with Crippen molar-refractivity contribution >= 4 is 33.1 Å². The van der Waals surface area contributed by atoms with E-state index in [-0.39, 0.29) is 11.3 Å². The monoisotopic (exact) mass is 154 g/mol. The molecular weight excluding hydrogens is 152 g/mol. The standard InChI is InChI=1S/C3H3ClO3S/c1-7-3(5)2(4)8-6/h1H3. The second-order valence-electron chi connectivity index (χ2n) is 0.849. The summed E-state index contributed by atoms with van der Waals surface area (Å²) in [7, 11) is 1.15. The Kier molecular flexibility index (Phi) is 3.47. The van der Waals surface area contributed by atoms with Crippen LogP contribution < -0.4 is 0 Å². The van der Waals surface area contributed by atoms with Crippen molar-refractivity contribution in [3.05, 3.63) is 0 Å². The van der Waals surface area contributed by atoms with Gasteiger partial charge in [0.1, 0.15) is 11.3 Å². The molecule has 0 aliphatic carbocycles. The van der Waals surface area contributed by atoms with Gasteiger partial charge in [-0.25, -0.2) is 9.00 Å². The summed E-state index contributed by atoms with van der Waals surface area (Å²) in [6.07, 6.45) is 0. The number of carbonyl (C=O) groups excluding carboxylic acids is 1. The van der Waals surface area contributed by atoms with E-state index >= 15 is 0 Å². The highest BCUT2D eigenvalue weighted by Crippen LogP contribution is 1.82. The van der Waals surface area contributed by atoms with Crippen molar-refractivity contribution in [1.29, 1.82) is 0 Å². The van der Waals surface area contributed by atoms with E-state index in [9.17, 15) is 9.00 Å². The molecule has 0 aliphatic heterocycles. The molecule has 0 N–H and O–H groups in total. The Bertz CT molecular complexity index is 149. The molecule has 3 nitrogen and oxygen atoms in total. The minimum absolute atomic E-state index is 0.0850. The number of hydrogen-bond donors (Lipinski definition) is 0. The smallest absolute Gasteiger partial charge is 0.363 e. The predicted molar refractivity (Wildman–Crippen MR) is 31.0 cm³/mol. The number of halogens is 1. The SMILES string of the molecule is COC(=O)C(Cl)=S=O. The van der Waals surface area contributed by atoms with Crippen LogP contribution in [0.1, 0.15) is 0 Å². The van der Waals surface area contributed by atoms with Crippen molar-refractivity contribution in [3.63, 3.8) is 0 Å². The minimum Gasteiger partial charge on any atom is -0.464 e. The lowest BCUT2D eigenvalue weighted by Crippen LogP contribution is -2.08. The van der Waals surface area contributed by atoms with Crippen LogP contribution in [0.4, 0.5) is 0 Å². The average molecular weight is 155 g/mol. The molecule has 0 bridgehead atoms. The Hall–Kier alpha value is -0.350. The first-order chi connectivity index (χ1) is 3.72. The van der Waals surface area contributed by atoms with E-state index in [0.717, 1.165) is 7.11 Å². The summed E-state index contributed by atoms with van der Waals surface area (Å²) in [6.45, 7) is 0. The van der Waals surface area contributed by atoms with Crippen molar-refractivity contribution in [2.45, 2.75) is 0 Å². The van der Waals surface area contributed by atoms with Crippen molar-refractivity contribution in [1.82, 2.24) is 0 Å². The third-order valence-corrected chi connectivity index (χ3v) is 1.08. The van der Waals surface area contributed by atoms with Crippen LogP contribution in [0.15, 0.2) is 0 Å². The average Bonchev–Trinajstić information content (AvgIpc) is 1.84. The van der Waals surface area contributed by atoms with Gasteiger partial charge in [-0.15, -0.1) is 0 Å². The summed E-state index contributed by atoms with van der Waals surface area (Å²) in [6, 6.07) is 0. The van der Waals surface area contributed by atoms with Gasteiger partial charge < -0.3 is 4.74 Å². The lowest BCUT2D eigenvalue weighted by molar-refractivity contribution is -0.132. The number of methoxy groups -OCH3 is 1. The fourth-order valence-corrected chi connectivity index (χ4v) is 0.343. The molecule has 0 aromatic rings. The Labute approximate surface area is 54.7 Å². The van der Waals surface area contributed by atoms with Crippen LogP contribution in [0.25, 0.3) is 0 Å². The second-order valence-corrected chi connectivity index (χ2v) is 2.03. The third-order valence-electron chi connectivity index (χ3n) is 0.419. The molecule has 0 heterocycles. The van der Waals surface area contributed by atoms with E-state index in [4.69, 9.17) is 11.6 Å². The van der Waals surface area contributed by atoms with Gasteiger partial charge in [-0.05, 0) is 0 Å². The van der Waals surface area contributed by atoms with Gasteiger partial charge in [0, 0.05) is 0 Å². The lowest BCUT2D eigenvalue weighted by atomic mass is 10.8.